The van der Waals surface area contributed by atoms with E-state index in [2.05, 4.69) is 17.1 Å². The Labute approximate surface area is 119 Å². The summed E-state index contributed by atoms with van der Waals surface area (Å²) < 4.78 is 0. The molecular formula is C14H24N4O2. The van der Waals surface area contributed by atoms with Crippen molar-refractivity contribution in [3.63, 3.8) is 0 Å². The molecule has 1 saturated heterocycles. The lowest BCUT2D eigenvalue weighted by molar-refractivity contribution is 0.0569. The van der Waals surface area contributed by atoms with Crippen molar-refractivity contribution in [2.75, 3.05) is 18.9 Å². The average Bonchev–Trinajstić information content (AvgIpc) is 2.81. The second kappa shape index (κ2) is 6.74. The zero-order chi connectivity index (χ0) is 14.5. The van der Waals surface area contributed by atoms with E-state index >= 15 is 0 Å². The number of aryl methyl sites for hydroxylation is 1. The van der Waals surface area contributed by atoms with Crippen LogP contribution in [0.3, 0.4) is 0 Å². The number of piperidine rings is 1. The van der Waals surface area contributed by atoms with Crippen LogP contribution in [-0.4, -0.2) is 45.3 Å². The van der Waals surface area contributed by atoms with Gasteiger partial charge in [-0.3, -0.25) is 9.89 Å². The number of nitrogens with two attached hydrogens (primary N) is 1. The van der Waals surface area contributed by atoms with Crippen LogP contribution >= 0.6 is 0 Å². The third kappa shape index (κ3) is 2.95. The second-order valence-electron chi connectivity index (χ2n) is 5.37. The van der Waals surface area contributed by atoms with Crippen molar-refractivity contribution in [3.05, 3.63) is 11.4 Å². The van der Waals surface area contributed by atoms with Gasteiger partial charge in [-0.1, -0.05) is 13.3 Å². The van der Waals surface area contributed by atoms with Gasteiger partial charge in [0.05, 0.1) is 11.4 Å². The molecular weight excluding hydrogens is 256 g/mol. The number of H-pyrrole nitrogens is 1. The molecule has 1 amide bonds. The number of rotatable bonds is 5. The molecule has 0 bridgehead atoms. The van der Waals surface area contributed by atoms with Gasteiger partial charge in [0.1, 0.15) is 0 Å². The largest absolute Gasteiger partial charge is 0.396 e. The summed E-state index contributed by atoms with van der Waals surface area (Å²) in [6, 6.07) is 0.104. The molecule has 2 heterocycles. The van der Waals surface area contributed by atoms with E-state index in [-0.39, 0.29) is 18.6 Å². The fraction of sp³-hybridized carbons (Fsp3) is 0.714. The van der Waals surface area contributed by atoms with Gasteiger partial charge in [-0.15, -0.1) is 0 Å². The highest BCUT2D eigenvalue weighted by Crippen LogP contribution is 2.24. The Hall–Kier alpha value is -1.56. The molecule has 4 N–H and O–H groups in total. The minimum absolute atomic E-state index is 0.103. The first-order valence-corrected chi connectivity index (χ1v) is 7.43. The molecule has 1 aliphatic heterocycles. The minimum Gasteiger partial charge on any atom is -0.396 e. The van der Waals surface area contributed by atoms with Crippen LogP contribution in [0.25, 0.3) is 0 Å². The molecule has 0 radical (unpaired) electrons. The molecule has 0 aromatic carbocycles. The van der Waals surface area contributed by atoms with Crippen molar-refractivity contribution in [2.45, 2.75) is 51.5 Å². The molecule has 1 fully saturated rings. The van der Waals surface area contributed by atoms with Crippen LogP contribution in [0.2, 0.25) is 0 Å². The van der Waals surface area contributed by atoms with Gasteiger partial charge in [0.15, 0.2) is 5.69 Å². The van der Waals surface area contributed by atoms with Gasteiger partial charge >= 0.3 is 0 Å². The first-order chi connectivity index (χ1) is 9.69. The molecule has 6 heteroatoms. The Morgan fingerprint density at radius 3 is 3.05 bits per heavy atom. The van der Waals surface area contributed by atoms with Gasteiger partial charge in [0.25, 0.3) is 5.91 Å². The van der Waals surface area contributed by atoms with Crippen LogP contribution in [0.5, 0.6) is 0 Å². The number of nitrogens with zero attached hydrogens (tertiary/aromatic N) is 2. The third-order valence-electron chi connectivity index (χ3n) is 3.94. The number of aromatic nitrogens is 2. The quantitative estimate of drug-likeness (QED) is 0.758. The van der Waals surface area contributed by atoms with Crippen molar-refractivity contribution >= 4 is 11.6 Å². The van der Waals surface area contributed by atoms with Gasteiger partial charge < -0.3 is 15.7 Å². The molecule has 20 heavy (non-hydrogen) atoms. The van der Waals surface area contributed by atoms with E-state index in [0.717, 1.165) is 44.3 Å². The van der Waals surface area contributed by atoms with E-state index in [0.29, 0.717) is 17.8 Å². The number of aliphatic hydroxyl groups excluding tert-OH is 1. The first-order valence-electron chi connectivity index (χ1n) is 7.43. The molecule has 1 unspecified atom stereocenters. The Bertz CT molecular complexity index is 456. The van der Waals surface area contributed by atoms with E-state index in [1.165, 1.54) is 0 Å². The normalized spacial score (nSPS) is 19.3. The maximum atomic E-state index is 12.6. The Balaban J connectivity index is 2.16. The van der Waals surface area contributed by atoms with E-state index in [9.17, 15) is 4.79 Å². The number of carbonyl (C=O) groups excluding carboxylic acids is 1. The number of nitrogens with one attached hydrogen (secondary N) is 1. The molecule has 112 valence electrons. The van der Waals surface area contributed by atoms with Gasteiger partial charge in [0, 0.05) is 19.2 Å². The summed E-state index contributed by atoms with van der Waals surface area (Å²) in [7, 11) is 0. The molecule has 6 nitrogen and oxygen atoms in total. The number of likely N-dealkylation sites (tertiary alicyclic amines) is 1. The van der Waals surface area contributed by atoms with E-state index in [4.69, 9.17) is 10.8 Å². The summed E-state index contributed by atoms with van der Waals surface area (Å²) in [4.78, 5) is 14.4. The summed E-state index contributed by atoms with van der Waals surface area (Å²) in [6.07, 6.45) is 5.42. The SMILES string of the molecule is CCCc1[nH]nc(C(=O)N2CCCCC2CCO)c1N. The summed E-state index contributed by atoms with van der Waals surface area (Å²) in [5.41, 5.74) is 7.67. The molecule has 0 saturated carbocycles. The standard InChI is InChI=1S/C14H24N4O2/c1-2-5-11-12(15)13(17-16-11)14(20)18-8-4-3-6-10(18)7-9-19/h10,19H,2-9,15H2,1H3,(H,16,17). The number of aromatic amines is 1. The molecule has 0 spiro atoms. The Morgan fingerprint density at radius 1 is 1.55 bits per heavy atom. The van der Waals surface area contributed by atoms with Crippen LogP contribution in [0.15, 0.2) is 0 Å². The van der Waals surface area contributed by atoms with E-state index in [1.807, 2.05) is 4.90 Å². The fourth-order valence-corrected chi connectivity index (χ4v) is 2.84. The van der Waals surface area contributed by atoms with Gasteiger partial charge in [-0.2, -0.15) is 5.10 Å². The predicted molar refractivity (Wildman–Crippen MR) is 77.4 cm³/mol. The number of amides is 1. The first kappa shape index (κ1) is 14.8. The van der Waals surface area contributed by atoms with Gasteiger partial charge in [0.2, 0.25) is 0 Å². The number of aliphatic hydroxyl groups is 1. The van der Waals surface area contributed by atoms with Crippen molar-refractivity contribution < 1.29 is 9.90 Å². The lowest BCUT2D eigenvalue weighted by Crippen LogP contribution is -2.44. The monoisotopic (exact) mass is 280 g/mol. The van der Waals surface area contributed by atoms with E-state index < -0.39 is 0 Å². The Morgan fingerprint density at radius 2 is 2.35 bits per heavy atom. The number of hydrogen-bond donors (Lipinski definition) is 3. The summed E-state index contributed by atoms with van der Waals surface area (Å²) in [5, 5.41) is 16.1. The lowest BCUT2D eigenvalue weighted by Gasteiger charge is -2.35. The summed E-state index contributed by atoms with van der Waals surface area (Å²) in [6.45, 7) is 2.88. The maximum Gasteiger partial charge on any atom is 0.276 e. The average molecular weight is 280 g/mol. The lowest BCUT2D eigenvalue weighted by atomic mass is 9.99. The summed E-state index contributed by atoms with van der Waals surface area (Å²) >= 11 is 0. The van der Waals surface area contributed by atoms with Gasteiger partial charge in [-0.25, -0.2) is 0 Å². The maximum absolute atomic E-state index is 12.6. The molecule has 0 aliphatic carbocycles. The second-order valence-corrected chi connectivity index (χ2v) is 5.37. The highest BCUT2D eigenvalue weighted by atomic mass is 16.3. The topological polar surface area (TPSA) is 95.2 Å². The molecule has 1 aliphatic rings. The van der Waals surface area contributed by atoms with Crippen LogP contribution in [0.1, 0.15) is 55.2 Å². The number of carbonyl (C=O) groups is 1. The zero-order valence-corrected chi connectivity index (χ0v) is 12.1. The third-order valence-corrected chi connectivity index (χ3v) is 3.94. The smallest absolute Gasteiger partial charge is 0.276 e. The van der Waals surface area contributed by atoms with Crippen LogP contribution in [0.4, 0.5) is 5.69 Å². The van der Waals surface area contributed by atoms with Crippen LogP contribution in [0, 0.1) is 0 Å². The Kier molecular flexibility index (Phi) is 5.00. The molecule has 1 aromatic heterocycles. The van der Waals surface area contributed by atoms with Crippen molar-refractivity contribution in [1.82, 2.24) is 15.1 Å². The summed E-state index contributed by atoms with van der Waals surface area (Å²) in [5.74, 6) is -0.112. The minimum atomic E-state index is -0.112. The van der Waals surface area contributed by atoms with Crippen molar-refractivity contribution in [1.29, 1.82) is 0 Å². The van der Waals surface area contributed by atoms with E-state index in [1.54, 1.807) is 0 Å². The van der Waals surface area contributed by atoms with Crippen molar-refractivity contribution in [3.8, 4) is 0 Å². The highest BCUT2D eigenvalue weighted by molar-refractivity contribution is 5.97. The predicted octanol–water partition coefficient (Wildman–Crippen LogP) is 1.32. The zero-order valence-electron chi connectivity index (χ0n) is 12.1. The molecule has 2 rings (SSSR count). The number of anilines is 1. The molecule has 1 aromatic rings. The van der Waals surface area contributed by atoms with Crippen LogP contribution < -0.4 is 5.73 Å². The number of nitrogen functional groups attached to an aromatic ring is 1. The highest BCUT2D eigenvalue weighted by Gasteiger charge is 2.30. The van der Waals surface area contributed by atoms with Gasteiger partial charge in [-0.05, 0) is 32.1 Å². The molecule has 1 atom stereocenters. The van der Waals surface area contributed by atoms with Crippen LogP contribution in [-0.2, 0) is 6.42 Å². The number of hydrogen-bond acceptors (Lipinski definition) is 4. The van der Waals surface area contributed by atoms with Crippen molar-refractivity contribution in [2.24, 2.45) is 0 Å². The fourth-order valence-electron chi connectivity index (χ4n) is 2.84.